The number of hydrogen-bond acceptors (Lipinski definition) is 4. The lowest BCUT2D eigenvalue weighted by molar-refractivity contribution is -0.117. The van der Waals surface area contributed by atoms with Crippen LogP contribution in [0.1, 0.15) is 29.8 Å². The van der Waals surface area contributed by atoms with Crippen LogP contribution in [0.3, 0.4) is 0 Å². The Hall–Kier alpha value is -3.09. The molecule has 3 amide bonds. The summed E-state index contributed by atoms with van der Waals surface area (Å²) in [5.74, 6) is -0.328. The monoisotopic (exact) mass is 341 g/mol. The van der Waals surface area contributed by atoms with Gasteiger partial charge in [-0.25, -0.2) is 0 Å². The van der Waals surface area contributed by atoms with Crippen molar-refractivity contribution in [2.45, 2.75) is 19.3 Å². The van der Waals surface area contributed by atoms with Crippen LogP contribution in [0.2, 0.25) is 0 Å². The summed E-state index contributed by atoms with van der Waals surface area (Å²) in [4.78, 5) is 37.5. The van der Waals surface area contributed by atoms with Crippen molar-refractivity contribution < 1.29 is 18.8 Å². The van der Waals surface area contributed by atoms with Crippen LogP contribution in [-0.2, 0) is 9.59 Å². The fourth-order valence-corrected chi connectivity index (χ4v) is 2.71. The minimum absolute atomic E-state index is 0.0624. The summed E-state index contributed by atoms with van der Waals surface area (Å²) in [7, 11) is 0. The minimum Gasteiger partial charge on any atom is -0.459 e. The topological polar surface area (TPSA) is 91.7 Å². The molecule has 7 heteroatoms. The standard InChI is InChI=1S/C18H19N3O4/c22-16(9-10-19-18(24)15-7-4-12-25-15)20-13-5-1-2-6-14(13)21-11-3-8-17(21)23/h1-2,4-7,12H,3,8-11H2,(H,19,24)(H,20,22). The molecule has 0 aliphatic carbocycles. The SMILES string of the molecule is O=C(CCNC(=O)c1ccco1)Nc1ccccc1N1CCCC1=O. The Balaban J connectivity index is 1.54. The van der Waals surface area contributed by atoms with Gasteiger partial charge < -0.3 is 20.0 Å². The lowest BCUT2D eigenvalue weighted by Gasteiger charge is -2.20. The van der Waals surface area contributed by atoms with E-state index in [2.05, 4.69) is 10.6 Å². The third-order valence-corrected chi connectivity index (χ3v) is 3.92. The second-order valence-corrected chi connectivity index (χ2v) is 5.70. The molecule has 0 atom stereocenters. The molecule has 1 aromatic carbocycles. The molecular formula is C18H19N3O4. The van der Waals surface area contributed by atoms with E-state index in [0.29, 0.717) is 24.3 Å². The van der Waals surface area contributed by atoms with Crippen molar-refractivity contribution in [2.75, 3.05) is 23.3 Å². The maximum absolute atomic E-state index is 12.1. The second kappa shape index (κ2) is 7.65. The van der Waals surface area contributed by atoms with Crippen LogP contribution in [0, 0.1) is 0 Å². The highest BCUT2D eigenvalue weighted by molar-refractivity contribution is 6.02. The fraction of sp³-hybridized carbons (Fsp3) is 0.278. The summed E-state index contributed by atoms with van der Waals surface area (Å²) in [6.45, 7) is 0.848. The molecule has 0 spiro atoms. The van der Waals surface area contributed by atoms with E-state index in [0.717, 1.165) is 6.42 Å². The van der Waals surface area contributed by atoms with Crippen LogP contribution in [0.25, 0.3) is 0 Å². The Morgan fingerprint density at radius 1 is 1.16 bits per heavy atom. The molecule has 0 bridgehead atoms. The molecule has 130 valence electrons. The van der Waals surface area contributed by atoms with Crippen LogP contribution in [-0.4, -0.2) is 30.8 Å². The van der Waals surface area contributed by atoms with Gasteiger partial charge in [-0.05, 0) is 30.7 Å². The molecule has 0 saturated carbocycles. The predicted molar refractivity (Wildman–Crippen MR) is 92.3 cm³/mol. The summed E-state index contributed by atoms with van der Waals surface area (Å²) in [6.07, 6.45) is 2.88. The zero-order valence-corrected chi connectivity index (χ0v) is 13.7. The number of nitrogens with one attached hydrogen (secondary N) is 2. The van der Waals surface area contributed by atoms with Gasteiger partial charge in [0, 0.05) is 25.9 Å². The molecule has 1 aliphatic rings. The molecule has 3 rings (SSSR count). The predicted octanol–water partition coefficient (Wildman–Crippen LogP) is 2.17. The molecule has 1 aliphatic heterocycles. The van der Waals surface area contributed by atoms with Crippen molar-refractivity contribution >= 4 is 29.1 Å². The molecule has 2 aromatic rings. The quantitative estimate of drug-likeness (QED) is 0.842. The number of benzene rings is 1. The lowest BCUT2D eigenvalue weighted by Crippen LogP contribution is -2.28. The highest BCUT2D eigenvalue weighted by atomic mass is 16.3. The maximum atomic E-state index is 12.1. The maximum Gasteiger partial charge on any atom is 0.286 e. The van der Waals surface area contributed by atoms with Crippen molar-refractivity contribution in [3.8, 4) is 0 Å². The van der Waals surface area contributed by atoms with Crippen molar-refractivity contribution in [3.63, 3.8) is 0 Å². The van der Waals surface area contributed by atoms with E-state index in [9.17, 15) is 14.4 Å². The number of para-hydroxylation sites is 2. The average molecular weight is 341 g/mol. The first-order valence-corrected chi connectivity index (χ1v) is 8.16. The van der Waals surface area contributed by atoms with Gasteiger partial charge in [0.05, 0.1) is 17.6 Å². The van der Waals surface area contributed by atoms with Crippen LogP contribution >= 0.6 is 0 Å². The van der Waals surface area contributed by atoms with Crippen LogP contribution in [0.4, 0.5) is 11.4 Å². The van der Waals surface area contributed by atoms with Gasteiger partial charge in [-0.2, -0.15) is 0 Å². The first-order chi connectivity index (χ1) is 12.1. The molecular weight excluding hydrogens is 322 g/mol. The number of carbonyl (C=O) groups is 3. The normalized spacial score (nSPS) is 13.8. The van der Waals surface area contributed by atoms with E-state index in [-0.39, 0.29) is 36.4 Å². The van der Waals surface area contributed by atoms with Gasteiger partial charge in [0.2, 0.25) is 11.8 Å². The van der Waals surface area contributed by atoms with E-state index < -0.39 is 0 Å². The summed E-state index contributed by atoms with van der Waals surface area (Å²) in [6, 6.07) is 10.4. The van der Waals surface area contributed by atoms with Crippen LogP contribution < -0.4 is 15.5 Å². The number of anilines is 2. The lowest BCUT2D eigenvalue weighted by atomic mass is 10.2. The van der Waals surface area contributed by atoms with Crippen molar-refractivity contribution in [1.82, 2.24) is 5.32 Å². The molecule has 0 unspecified atom stereocenters. The number of hydrogen-bond donors (Lipinski definition) is 2. The summed E-state index contributed by atoms with van der Waals surface area (Å²) in [5.41, 5.74) is 1.30. The smallest absolute Gasteiger partial charge is 0.286 e. The largest absolute Gasteiger partial charge is 0.459 e. The number of nitrogens with zero attached hydrogens (tertiary/aromatic N) is 1. The molecule has 7 nitrogen and oxygen atoms in total. The van der Waals surface area contributed by atoms with Gasteiger partial charge in [0.1, 0.15) is 0 Å². The molecule has 1 aromatic heterocycles. The number of rotatable bonds is 6. The van der Waals surface area contributed by atoms with Crippen LogP contribution in [0.15, 0.2) is 47.1 Å². The van der Waals surface area contributed by atoms with E-state index in [1.807, 2.05) is 12.1 Å². The number of amides is 3. The van der Waals surface area contributed by atoms with Gasteiger partial charge in [0.25, 0.3) is 5.91 Å². The third kappa shape index (κ3) is 4.06. The highest BCUT2D eigenvalue weighted by Crippen LogP contribution is 2.29. The Bertz CT molecular complexity index is 770. The summed E-state index contributed by atoms with van der Waals surface area (Å²) in [5, 5.41) is 5.43. The van der Waals surface area contributed by atoms with Crippen molar-refractivity contribution in [2.24, 2.45) is 0 Å². The van der Waals surface area contributed by atoms with Gasteiger partial charge in [-0.15, -0.1) is 0 Å². The van der Waals surface area contributed by atoms with Gasteiger partial charge in [-0.1, -0.05) is 12.1 Å². The zero-order chi connectivity index (χ0) is 17.6. The van der Waals surface area contributed by atoms with E-state index in [1.165, 1.54) is 6.26 Å². The second-order valence-electron chi connectivity index (χ2n) is 5.70. The first-order valence-electron chi connectivity index (χ1n) is 8.16. The molecule has 2 heterocycles. The Labute approximate surface area is 145 Å². The Morgan fingerprint density at radius 2 is 2.00 bits per heavy atom. The molecule has 1 fully saturated rings. The van der Waals surface area contributed by atoms with Crippen LogP contribution in [0.5, 0.6) is 0 Å². The summed E-state index contributed by atoms with van der Waals surface area (Å²) < 4.78 is 4.98. The summed E-state index contributed by atoms with van der Waals surface area (Å²) >= 11 is 0. The fourth-order valence-electron chi connectivity index (χ4n) is 2.71. The van der Waals surface area contributed by atoms with E-state index >= 15 is 0 Å². The zero-order valence-electron chi connectivity index (χ0n) is 13.7. The number of carbonyl (C=O) groups excluding carboxylic acids is 3. The van der Waals surface area contributed by atoms with Gasteiger partial charge >= 0.3 is 0 Å². The van der Waals surface area contributed by atoms with E-state index in [4.69, 9.17) is 4.42 Å². The average Bonchev–Trinajstić information content (AvgIpc) is 3.27. The van der Waals surface area contributed by atoms with Crippen molar-refractivity contribution in [3.05, 3.63) is 48.4 Å². The minimum atomic E-state index is -0.360. The van der Waals surface area contributed by atoms with Gasteiger partial charge in [0.15, 0.2) is 5.76 Å². The molecule has 0 radical (unpaired) electrons. The van der Waals surface area contributed by atoms with Crippen molar-refractivity contribution in [1.29, 1.82) is 0 Å². The first kappa shape index (κ1) is 16.8. The molecule has 1 saturated heterocycles. The van der Waals surface area contributed by atoms with Gasteiger partial charge in [-0.3, -0.25) is 14.4 Å². The third-order valence-electron chi connectivity index (χ3n) is 3.92. The molecule has 2 N–H and O–H groups in total. The van der Waals surface area contributed by atoms with E-state index in [1.54, 1.807) is 29.2 Å². The number of furan rings is 1. The highest BCUT2D eigenvalue weighted by Gasteiger charge is 2.24. The molecule has 25 heavy (non-hydrogen) atoms. The Morgan fingerprint density at radius 3 is 2.72 bits per heavy atom. The Kier molecular flexibility index (Phi) is 5.13.